The van der Waals surface area contributed by atoms with Crippen LogP contribution in [0.25, 0.3) is 83.4 Å². The van der Waals surface area contributed by atoms with E-state index in [1.165, 1.54) is 21.8 Å². The molecule has 0 spiro atoms. The lowest BCUT2D eigenvalue weighted by Gasteiger charge is -2.08. The van der Waals surface area contributed by atoms with E-state index in [1.807, 2.05) is 42.7 Å². The second-order valence-electron chi connectivity index (χ2n) is 11.4. The summed E-state index contributed by atoms with van der Waals surface area (Å²) in [5.74, 6) is 0.580. The van der Waals surface area contributed by atoms with Crippen LogP contribution in [0.5, 0.6) is 0 Å². The molecule has 46 heavy (non-hydrogen) atoms. The van der Waals surface area contributed by atoms with Crippen LogP contribution in [-0.2, 0) is 0 Å². The molecule has 4 aromatic heterocycles. The molecule has 0 aliphatic heterocycles. The molecule has 0 saturated carbocycles. The molecule has 0 N–H and O–H groups in total. The molecule has 0 radical (unpaired) electrons. The first-order chi connectivity index (χ1) is 22.8. The Morgan fingerprint density at radius 1 is 0.478 bits per heavy atom. The summed E-state index contributed by atoms with van der Waals surface area (Å²) in [4.78, 5) is 13.7. The molecule has 0 atom stereocenters. The van der Waals surface area contributed by atoms with E-state index in [4.69, 9.17) is 9.40 Å². The van der Waals surface area contributed by atoms with E-state index in [0.29, 0.717) is 5.89 Å². The minimum absolute atomic E-state index is 0.580. The van der Waals surface area contributed by atoms with Crippen LogP contribution in [0.2, 0.25) is 0 Å². The highest BCUT2D eigenvalue weighted by molar-refractivity contribution is 6.10. The second kappa shape index (κ2) is 10.7. The van der Waals surface area contributed by atoms with E-state index < -0.39 is 0 Å². The van der Waals surface area contributed by atoms with Crippen LogP contribution in [0.15, 0.2) is 163 Å². The number of pyridine rings is 2. The van der Waals surface area contributed by atoms with Crippen LogP contribution in [0.4, 0.5) is 0 Å². The number of nitrogens with zero attached hydrogens (tertiary/aromatic N) is 4. The minimum Gasteiger partial charge on any atom is -0.436 e. The lowest BCUT2D eigenvalue weighted by molar-refractivity contribution is 0.620. The van der Waals surface area contributed by atoms with Gasteiger partial charge in [-0.15, -0.1) is 0 Å². The number of benzene rings is 5. The number of fused-ring (bicyclic) bond motifs is 4. The number of hydrogen-bond donors (Lipinski definition) is 0. The summed E-state index contributed by atoms with van der Waals surface area (Å²) in [6.07, 6.45) is 7.28. The zero-order chi connectivity index (χ0) is 30.5. The van der Waals surface area contributed by atoms with Gasteiger partial charge < -0.3 is 8.98 Å². The van der Waals surface area contributed by atoms with Gasteiger partial charge in [0, 0.05) is 63.5 Å². The maximum atomic E-state index is 6.42. The van der Waals surface area contributed by atoms with Crippen LogP contribution in [-0.4, -0.2) is 19.5 Å². The number of oxazole rings is 1. The van der Waals surface area contributed by atoms with Gasteiger partial charge in [0.05, 0.1) is 11.0 Å². The Balaban J connectivity index is 1.12. The average Bonchev–Trinajstić information content (AvgIpc) is 3.72. The Morgan fingerprint density at radius 3 is 1.96 bits per heavy atom. The fourth-order valence-corrected chi connectivity index (χ4v) is 6.41. The fourth-order valence-electron chi connectivity index (χ4n) is 6.41. The molecule has 5 nitrogen and oxygen atoms in total. The number of para-hydroxylation sites is 2. The van der Waals surface area contributed by atoms with Gasteiger partial charge in [-0.25, -0.2) is 4.98 Å². The van der Waals surface area contributed by atoms with Gasteiger partial charge in [-0.1, -0.05) is 66.7 Å². The Bertz CT molecular complexity index is 2500. The van der Waals surface area contributed by atoms with Crippen molar-refractivity contribution < 1.29 is 4.42 Å². The zero-order valence-corrected chi connectivity index (χ0v) is 24.7. The summed E-state index contributed by atoms with van der Waals surface area (Å²) in [5, 5.41) is 2.47. The highest BCUT2D eigenvalue weighted by atomic mass is 16.3. The maximum absolute atomic E-state index is 6.42. The van der Waals surface area contributed by atoms with Crippen molar-refractivity contribution in [2.45, 2.75) is 0 Å². The van der Waals surface area contributed by atoms with Crippen LogP contribution in [0.1, 0.15) is 0 Å². The Hall–Kier alpha value is -6.33. The highest BCUT2D eigenvalue weighted by Crippen LogP contribution is 2.38. The van der Waals surface area contributed by atoms with E-state index in [-0.39, 0.29) is 0 Å². The van der Waals surface area contributed by atoms with Gasteiger partial charge in [0.1, 0.15) is 5.52 Å². The summed E-state index contributed by atoms with van der Waals surface area (Å²) in [7, 11) is 0. The number of aromatic nitrogens is 4. The van der Waals surface area contributed by atoms with Gasteiger partial charge in [-0.2, -0.15) is 0 Å². The maximum Gasteiger partial charge on any atom is 0.227 e. The molecule has 9 rings (SSSR count). The predicted molar refractivity (Wildman–Crippen MR) is 186 cm³/mol. The Kier molecular flexibility index (Phi) is 6.06. The van der Waals surface area contributed by atoms with Gasteiger partial charge in [-0.05, 0) is 83.4 Å². The molecule has 0 bridgehead atoms. The highest BCUT2D eigenvalue weighted by Gasteiger charge is 2.17. The third-order valence-electron chi connectivity index (χ3n) is 8.61. The Morgan fingerprint density at radius 2 is 1.17 bits per heavy atom. The molecule has 0 unspecified atom stereocenters. The van der Waals surface area contributed by atoms with Crippen LogP contribution in [0, 0.1) is 0 Å². The SMILES string of the molecule is c1ccc(-n2c3ccccc3c3cc(-c4ccc(-c5nc6c(-c7cccnc7)cc(-c7cccnc7)cc6o5)cc4)ccc32)cc1. The summed E-state index contributed by atoms with van der Waals surface area (Å²) in [5.41, 5.74) is 12.3. The van der Waals surface area contributed by atoms with E-state index in [0.717, 1.165) is 55.7 Å². The van der Waals surface area contributed by atoms with Crippen molar-refractivity contribution in [2.24, 2.45) is 0 Å². The smallest absolute Gasteiger partial charge is 0.227 e. The van der Waals surface area contributed by atoms with Gasteiger partial charge in [0.15, 0.2) is 5.58 Å². The lowest BCUT2D eigenvalue weighted by atomic mass is 9.99. The second-order valence-corrected chi connectivity index (χ2v) is 11.4. The first kappa shape index (κ1) is 26.1. The third-order valence-corrected chi connectivity index (χ3v) is 8.61. The van der Waals surface area contributed by atoms with Gasteiger partial charge >= 0.3 is 0 Å². The molecular weight excluding hydrogens is 564 g/mol. The molecule has 0 saturated heterocycles. The van der Waals surface area contributed by atoms with E-state index in [1.54, 1.807) is 12.4 Å². The molecule has 216 valence electrons. The van der Waals surface area contributed by atoms with E-state index >= 15 is 0 Å². The standard InChI is InChI=1S/C41H26N4O/c1-2-10-33(11-3-1)45-37-13-5-4-12-34(37)36-22-29(18-19-38(36)45)27-14-16-28(17-15-27)41-44-40-35(31-9-7-21-43-26-31)23-32(24-39(40)46-41)30-8-6-20-42-25-30/h1-26H. The minimum atomic E-state index is 0.580. The summed E-state index contributed by atoms with van der Waals surface area (Å²) < 4.78 is 8.76. The van der Waals surface area contributed by atoms with Crippen molar-refractivity contribution in [3.05, 3.63) is 158 Å². The number of hydrogen-bond acceptors (Lipinski definition) is 4. The summed E-state index contributed by atoms with van der Waals surface area (Å²) >= 11 is 0. The molecule has 0 fully saturated rings. The molecular formula is C41H26N4O. The van der Waals surface area contributed by atoms with Crippen LogP contribution < -0.4 is 0 Å². The normalized spacial score (nSPS) is 11.5. The van der Waals surface area contributed by atoms with Crippen molar-refractivity contribution in [2.75, 3.05) is 0 Å². The van der Waals surface area contributed by atoms with Crippen molar-refractivity contribution in [3.8, 4) is 50.5 Å². The molecule has 0 amide bonds. The first-order valence-corrected chi connectivity index (χ1v) is 15.2. The lowest BCUT2D eigenvalue weighted by Crippen LogP contribution is -1.92. The molecule has 5 heteroatoms. The fraction of sp³-hybridized carbons (Fsp3) is 0. The monoisotopic (exact) mass is 590 g/mol. The van der Waals surface area contributed by atoms with Crippen molar-refractivity contribution in [1.29, 1.82) is 0 Å². The predicted octanol–water partition coefficient (Wildman–Crippen LogP) is 10.4. The van der Waals surface area contributed by atoms with Crippen molar-refractivity contribution >= 4 is 32.9 Å². The quantitative estimate of drug-likeness (QED) is 0.200. The molecule has 9 aromatic rings. The van der Waals surface area contributed by atoms with Crippen LogP contribution >= 0.6 is 0 Å². The first-order valence-electron chi connectivity index (χ1n) is 15.2. The average molecular weight is 591 g/mol. The third kappa shape index (κ3) is 4.37. The van der Waals surface area contributed by atoms with Crippen LogP contribution in [0.3, 0.4) is 0 Å². The Labute approximate surface area is 265 Å². The zero-order valence-electron chi connectivity index (χ0n) is 24.7. The summed E-state index contributed by atoms with van der Waals surface area (Å²) in [6, 6.07) is 46.5. The van der Waals surface area contributed by atoms with Crippen molar-refractivity contribution in [3.63, 3.8) is 0 Å². The van der Waals surface area contributed by atoms with E-state index in [2.05, 4.69) is 118 Å². The van der Waals surface area contributed by atoms with Gasteiger partial charge in [0.25, 0.3) is 0 Å². The molecule has 0 aliphatic rings. The largest absolute Gasteiger partial charge is 0.436 e. The molecule has 4 heterocycles. The van der Waals surface area contributed by atoms with Gasteiger partial charge in [0.2, 0.25) is 5.89 Å². The summed E-state index contributed by atoms with van der Waals surface area (Å²) in [6.45, 7) is 0. The van der Waals surface area contributed by atoms with E-state index in [9.17, 15) is 0 Å². The van der Waals surface area contributed by atoms with Crippen molar-refractivity contribution in [1.82, 2.24) is 19.5 Å². The molecule has 0 aliphatic carbocycles. The topological polar surface area (TPSA) is 56.7 Å². The van der Waals surface area contributed by atoms with Gasteiger partial charge in [-0.3, -0.25) is 9.97 Å². The molecule has 5 aromatic carbocycles. The number of rotatable bonds is 5.